The number of carbonyl (C=O) groups excluding carboxylic acids is 2. The summed E-state index contributed by atoms with van der Waals surface area (Å²) in [6.07, 6.45) is 2.59. The largest absolute Gasteiger partial charge is 0.361 e. The van der Waals surface area contributed by atoms with Gasteiger partial charge in [0, 0.05) is 26.7 Å². The molecule has 114 valence electrons. The van der Waals surface area contributed by atoms with Crippen molar-refractivity contribution in [2.75, 3.05) is 26.7 Å². The minimum Gasteiger partial charge on any atom is -0.361 e. The van der Waals surface area contributed by atoms with Crippen LogP contribution in [0.4, 0.5) is 0 Å². The van der Waals surface area contributed by atoms with Crippen LogP contribution in [0.3, 0.4) is 0 Å². The number of likely N-dealkylation sites (tertiary alicyclic amines) is 2. The number of aryl methyl sites for hydroxylation is 2. The lowest BCUT2D eigenvalue weighted by molar-refractivity contribution is -0.137. The Morgan fingerprint density at radius 1 is 1.29 bits per heavy atom. The van der Waals surface area contributed by atoms with Crippen LogP contribution in [-0.2, 0) is 4.79 Å². The highest BCUT2D eigenvalue weighted by molar-refractivity contribution is 5.97. The Bertz CT molecular complexity index is 571. The summed E-state index contributed by atoms with van der Waals surface area (Å²) in [5.41, 5.74) is 0.791. The van der Waals surface area contributed by atoms with Crippen molar-refractivity contribution in [3.8, 4) is 0 Å². The standard InChI is InChI=1S/C15H21N3O3/c1-10-12(11(2)21-16-10)13(19)18-7-4-5-15(9-18)6-8-17(3)14(15)20/h4-9H2,1-3H3/t15-/m1/s1. The second-order valence-corrected chi connectivity index (χ2v) is 6.29. The Morgan fingerprint density at radius 3 is 2.62 bits per heavy atom. The smallest absolute Gasteiger partial charge is 0.259 e. The summed E-state index contributed by atoms with van der Waals surface area (Å²) in [4.78, 5) is 28.7. The molecule has 1 aromatic rings. The lowest BCUT2D eigenvalue weighted by Gasteiger charge is -2.38. The molecule has 3 heterocycles. The zero-order valence-electron chi connectivity index (χ0n) is 12.8. The molecule has 2 amide bonds. The van der Waals surface area contributed by atoms with E-state index in [1.807, 2.05) is 7.05 Å². The van der Waals surface area contributed by atoms with Gasteiger partial charge in [-0.1, -0.05) is 5.16 Å². The van der Waals surface area contributed by atoms with Crippen LogP contribution in [0.1, 0.15) is 41.1 Å². The molecule has 0 radical (unpaired) electrons. The van der Waals surface area contributed by atoms with E-state index >= 15 is 0 Å². The summed E-state index contributed by atoms with van der Waals surface area (Å²) in [5, 5.41) is 3.85. The molecule has 2 aliphatic rings. The first kappa shape index (κ1) is 14.1. The summed E-state index contributed by atoms with van der Waals surface area (Å²) >= 11 is 0. The summed E-state index contributed by atoms with van der Waals surface area (Å²) in [5.74, 6) is 0.665. The maximum atomic E-state index is 12.7. The first-order valence-corrected chi connectivity index (χ1v) is 7.42. The van der Waals surface area contributed by atoms with Gasteiger partial charge in [-0.3, -0.25) is 9.59 Å². The molecule has 6 heteroatoms. The van der Waals surface area contributed by atoms with Gasteiger partial charge in [0.1, 0.15) is 11.3 Å². The fraction of sp³-hybridized carbons (Fsp3) is 0.667. The summed E-state index contributed by atoms with van der Waals surface area (Å²) in [6, 6.07) is 0. The summed E-state index contributed by atoms with van der Waals surface area (Å²) < 4.78 is 5.09. The number of piperidine rings is 1. The van der Waals surface area contributed by atoms with E-state index in [1.54, 1.807) is 23.6 Å². The number of rotatable bonds is 1. The third-order valence-electron chi connectivity index (χ3n) is 4.84. The molecule has 3 rings (SSSR count). The van der Waals surface area contributed by atoms with Crippen LogP contribution in [0.2, 0.25) is 0 Å². The van der Waals surface area contributed by atoms with Crippen LogP contribution in [0.5, 0.6) is 0 Å². The Labute approximate surface area is 124 Å². The van der Waals surface area contributed by atoms with Gasteiger partial charge in [-0.15, -0.1) is 0 Å². The Balaban J connectivity index is 1.84. The molecule has 2 saturated heterocycles. The predicted molar refractivity (Wildman–Crippen MR) is 75.8 cm³/mol. The fourth-order valence-corrected chi connectivity index (χ4v) is 3.63. The topological polar surface area (TPSA) is 66.7 Å². The van der Waals surface area contributed by atoms with Gasteiger partial charge < -0.3 is 14.3 Å². The van der Waals surface area contributed by atoms with Gasteiger partial charge in [-0.25, -0.2) is 0 Å². The normalized spacial score (nSPS) is 26.0. The lowest BCUT2D eigenvalue weighted by Crippen LogP contribution is -2.49. The van der Waals surface area contributed by atoms with Gasteiger partial charge >= 0.3 is 0 Å². The molecule has 2 aliphatic heterocycles. The number of carbonyl (C=O) groups is 2. The van der Waals surface area contributed by atoms with E-state index in [2.05, 4.69) is 5.16 Å². The van der Waals surface area contributed by atoms with E-state index in [0.717, 1.165) is 25.8 Å². The van der Waals surface area contributed by atoms with E-state index in [9.17, 15) is 9.59 Å². The molecule has 0 aliphatic carbocycles. The van der Waals surface area contributed by atoms with Crippen molar-refractivity contribution in [1.29, 1.82) is 0 Å². The van der Waals surface area contributed by atoms with E-state index in [-0.39, 0.29) is 17.2 Å². The summed E-state index contributed by atoms with van der Waals surface area (Å²) in [7, 11) is 1.84. The van der Waals surface area contributed by atoms with Crippen molar-refractivity contribution in [3.63, 3.8) is 0 Å². The first-order valence-electron chi connectivity index (χ1n) is 7.42. The van der Waals surface area contributed by atoms with Crippen molar-refractivity contribution < 1.29 is 14.1 Å². The SMILES string of the molecule is Cc1noc(C)c1C(=O)N1CCC[C@@]2(CCN(C)C2=O)C1. The van der Waals surface area contributed by atoms with Gasteiger partial charge in [-0.2, -0.15) is 0 Å². The van der Waals surface area contributed by atoms with Gasteiger partial charge in [-0.05, 0) is 33.1 Å². The molecule has 0 unspecified atom stereocenters. The molecule has 1 atom stereocenters. The second kappa shape index (κ2) is 4.86. The molecule has 2 fully saturated rings. The van der Waals surface area contributed by atoms with Gasteiger partial charge in [0.05, 0.1) is 11.1 Å². The molecule has 6 nitrogen and oxygen atoms in total. The van der Waals surface area contributed by atoms with Gasteiger partial charge in [0.15, 0.2) is 0 Å². The average Bonchev–Trinajstić information content (AvgIpc) is 2.94. The average molecular weight is 291 g/mol. The molecule has 0 N–H and O–H groups in total. The number of hydrogen-bond acceptors (Lipinski definition) is 4. The van der Waals surface area contributed by atoms with Crippen molar-refractivity contribution >= 4 is 11.8 Å². The molecule has 0 saturated carbocycles. The van der Waals surface area contributed by atoms with E-state index in [1.165, 1.54) is 0 Å². The molecular weight excluding hydrogens is 270 g/mol. The minimum atomic E-state index is -0.373. The Hall–Kier alpha value is -1.85. The van der Waals surface area contributed by atoms with Crippen LogP contribution in [-0.4, -0.2) is 53.5 Å². The fourth-order valence-electron chi connectivity index (χ4n) is 3.63. The van der Waals surface area contributed by atoms with Crippen molar-refractivity contribution in [2.24, 2.45) is 5.41 Å². The molecule has 1 spiro atoms. The monoisotopic (exact) mass is 291 g/mol. The third-order valence-corrected chi connectivity index (χ3v) is 4.84. The van der Waals surface area contributed by atoms with Crippen molar-refractivity contribution in [3.05, 3.63) is 17.0 Å². The van der Waals surface area contributed by atoms with E-state index < -0.39 is 0 Å². The third kappa shape index (κ3) is 2.13. The van der Waals surface area contributed by atoms with E-state index in [0.29, 0.717) is 30.1 Å². The number of amides is 2. The first-order chi connectivity index (χ1) is 9.94. The summed E-state index contributed by atoms with van der Waals surface area (Å²) in [6.45, 7) is 5.52. The van der Waals surface area contributed by atoms with Crippen molar-refractivity contribution in [2.45, 2.75) is 33.1 Å². The van der Waals surface area contributed by atoms with Gasteiger partial charge in [0.2, 0.25) is 5.91 Å². The predicted octanol–water partition coefficient (Wildman–Crippen LogP) is 1.38. The van der Waals surface area contributed by atoms with Crippen molar-refractivity contribution in [1.82, 2.24) is 15.0 Å². The number of aromatic nitrogens is 1. The Morgan fingerprint density at radius 2 is 2.05 bits per heavy atom. The van der Waals surface area contributed by atoms with Crippen LogP contribution in [0.25, 0.3) is 0 Å². The number of hydrogen-bond donors (Lipinski definition) is 0. The zero-order chi connectivity index (χ0) is 15.2. The molecular formula is C15H21N3O3. The number of nitrogens with zero attached hydrogens (tertiary/aromatic N) is 3. The highest BCUT2D eigenvalue weighted by Crippen LogP contribution is 2.40. The molecule has 21 heavy (non-hydrogen) atoms. The molecule has 0 aromatic carbocycles. The van der Waals surface area contributed by atoms with Crippen LogP contribution >= 0.6 is 0 Å². The maximum Gasteiger partial charge on any atom is 0.259 e. The van der Waals surface area contributed by atoms with Crippen LogP contribution in [0.15, 0.2) is 4.52 Å². The second-order valence-electron chi connectivity index (χ2n) is 6.29. The van der Waals surface area contributed by atoms with Crippen LogP contribution < -0.4 is 0 Å². The quantitative estimate of drug-likeness (QED) is 0.784. The minimum absolute atomic E-state index is 0.0623. The van der Waals surface area contributed by atoms with E-state index in [4.69, 9.17) is 4.52 Å². The Kier molecular flexibility index (Phi) is 3.26. The molecule has 0 bridgehead atoms. The zero-order valence-corrected chi connectivity index (χ0v) is 12.8. The lowest BCUT2D eigenvalue weighted by atomic mass is 9.78. The van der Waals surface area contributed by atoms with Crippen LogP contribution in [0, 0.1) is 19.3 Å². The molecule has 1 aromatic heterocycles. The van der Waals surface area contributed by atoms with Gasteiger partial charge in [0.25, 0.3) is 5.91 Å². The highest BCUT2D eigenvalue weighted by Gasteiger charge is 2.48. The maximum absolute atomic E-state index is 12.7. The highest BCUT2D eigenvalue weighted by atomic mass is 16.5.